The van der Waals surface area contributed by atoms with Crippen molar-refractivity contribution in [2.45, 2.75) is 18.9 Å². The number of nitrogens with one attached hydrogen (secondary N) is 1. The van der Waals surface area contributed by atoms with E-state index in [9.17, 15) is 9.18 Å². The van der Waals surface area contributed by atoms with Crippen LogP contribution in [0, 0.1) is 5.82 Å². The molecule has 1 aliphatic rings. The highest BCUT2D eigenvalue weighted by Gasteiger charge is 2.19. The molecular weight excluding hydrogens is 383 g/mol. The number of hydrogen-bond acceptors (Lipinski definition) is 4. The lowest BCUT2D eigenvalue weighted by Gasteiger charge is -2.25. The SMILES string of the molecule is CN(C)[C@@H](CNC(=O)Cc1cc(Cl)c2c(c1)OCCCO2)c1cccc(F)c1. The first-order valence-corrected chi connectivity index (χ1v) is 9.58. The van der Waals surface area contributed by atoms with E-state index in [4.69, 9.17) is 21.1 Å². The average molecular weight is 407 g/mol. The predicted octanol–water partition coefficient (Wildman–Crippen LogP) is 3.60. The minimum Gasteiger partial charge on any atom is -0.489 e. The van der Waals surface area contributed by atoms with E-state index in [1.165, 1.54) is 12.1 Å². The molecule has 5 nitrogen and oxygen atoms in total. The second-order valence-electron chi connectivity index (χ2n) is 6.97. The molecule has 2 aromatic rings. The van der Waals surface area contributed by atoms with Gasteiger partial charge in [-0.3, -0.25) is 4.79 Å². The Morgan fingerprint density at radius 1 is 1.25 bits per heavy atom. The van der Waals surface area contributed by atoms with Crippen LogP contribution in [0.1, 0.15) is 23.6 Å². The Bertz CT molecular complexity index is 844. The molecule has 0 unspecified atom stereocenters. The Morgan fingerprint density at radius 3 is 2.79 bits per heavy atom. The standard InChI is InChI=1S/C21H24ClFN2O3/c1-25(2)18(15-5-3-6-16(23)12-15)13-24-20(26)11-14-9-17(22)21-19(10-14)27-7-4-8-28-21/h3,5-6,9-10,12,18H,4,7-8,11,13H2,1-2H3,(H,24,26)/t18-/m0/s1. The van der Waals surface area contributed by atoms with E-state index in [-0.39, 0.29) is 24.2 Å². The van der Waals surface area contributed by atoms with Crippen LogP contribution in [0.3, 0.4) is 0 Å². The summed E-state index contributed by atoms with van der Waals surface area (Å²) in [4.78, 5) is 14.4. The monoisotopic (exact) mass is 406 g/mol. The first kappa shape index (κ1) is 20.4. The second-order valence-corrected chi connectivity index (χ2v) is 7.38. The molecule has 1 N–H and O–H groups in total. The summed E-state index contributed by atoms with van der Waals surface area (Å²) >= 11 is 6.29. The van der Waals surface area contributed by atoms with E-state index in [2.05, 4.69) is 5.32 Å². The predicted molar refractivity (Wildman–Crippen MR) is 107 cm³/mol. The topological polar surface area (TPSA) is 50.8 Å². The van der Waals surface area contributed by atoms with E-state index >= 15 is 0 Å². The zero-order valence-corrected chi connectivity index (χ0v) is 16.8. The number of rotatable bonds is 6. The van der Waals surface area contributed by atoms with Gasteiger partial charge in [-0.15, -0.1) is 0 Å². The zero-order valence-electron chi connectivity index (χ0n) is 16.0. The molecule has 0 fully saturated rings. The van der Waals surface area contributed by atoms with Gasteiger partial charge in [-0.1, -0.05) is 23.7 Å². The first-order chi connectivity index (χ1) is 13.4. The molecule has 3 rings (SSSR count). The minimum absolute atomic E-state index is 0.132. The second kappa shape index (κ2) is 9.26. The van der Waals surface area contributed by atoms with Crippen molar-refractivity contribution in [3.63, 3.8) is 0 Å². The van der Waals surface area contributed by atoms with Gasteiger partial charge in [-0.25, -0.2) is 4.39 Å². The number of hydrogen-bond donors (Lipinski definition) is 1. The van der Waals surface area contributed by atoms with E-state index in [1.807, 2.05) is 25.1 Å². The Morgan fingerprint density at radius 2 is 2.04 bits per heavy atom. The minimum atomic E-state index is -0.294. The van der Waals surface area contributed by atoms with Crippen molar-refractivity contribution >= 4 is 17.5 Å². The molecule has 2 aromatic carbocycles. The quantitative estimate of drug-likeness (QED) is 0.796. The van der Waals surface area contributed by atoms with Crippen LogP contribution in [-0.2, 0) is 11.2 Å². The highest BCUT2D eigenvalue weighted by Crippen LogP contribution is 2.38. The van der Waals surface area contributed by atoms with Crippen LogP contribution in [0.4, 0.5) is 4.39 Å². The molecule has 150 valence electrons. The van der Waals surface area contributed by atoms with Crippen molar-refractivity contribution in [3.05, 3.63) is 58.4 Å². The van der Waals surface area contributed by atoms with E-state index in [0.717, 1.165) is 17.5 Å². The number of halogens is 2. The lowest BCUT2D eigenvalue weighted by molar-refractivity contribution is -0.120. The van der Waals surface area contributed by atoms with Gasteiger partial charge in [0.25, 0.3) is 0 Å². The smallest absolute Gasteiger partial charge is 0.224 e. The summed E-state index contributed by atoms with van der Waals surface area (Å²) < 4.78 is 24.8. The summed E-state index contributed by atoms with van der Waals surface area (Å²) in [5, 5.41) is 3.36. The molecule has 1 aliphatic heterocycles. The molecule has 0 saturated heterocycles. The van der Waals surface area contributed by atoms with Crippen LogP contribution in [0.2, 0.25) is 5.02 Å². The van der Waals surface area contributed by atoms with Crippen LogP contribution in [0.5, 0.6) is 11.5 Å². The Labute approximate surface area is 169 Å². The Hall–Kier alpha value is -2.31. The van der Waals surface area contributed by atoms with Gasteiger partial charge in [-0.2, -0.15) is 0 Å². The maximum atomic E-state index is 13.5. The first-order valence-electron chi connectivity index (χ1n) is 9.20. The van der Waals surface area contributed by atoms with E-state index in [1.54, 1.807) is 18.2 Å². The molecule has 0 saturated carbocycles. The maximum Gasteiger partial charge on any atom is 0.224 e. The molecule has 1 amide bonds. The van der Waals surface area contributed by atoms with Crippen molar-refractivity contribution in [1.82, 2.24) is 10.2 Å². The van der Waals surface area contributed by atoms with Crippen molar-refractivity contribution in [2.75, 3.05) is 33.9 Å². The summed E-state index contributed by atoms with van der Waals surface area (Å²) in [5.74, 6) is 0.659. The fraction of sp³-hybridized carbons (Fsp3) is 0.381. The fourth-order valence-electron chi connectivity index (χ4n) is 3.16. The molecule has 28 heavy (non-hydrogen) atoms. The number of nitrogens with zero attached hydrogens (tertiary/aromatic N) is 1. The van der Waals surface area contributed by atoms with Crippen LogP contribution in [0.25, 0.3) is 0 Å². The molecule has 0 aliphatic carbocycles. The van der Waals surface area contributed by atoms with Gasteiger partial charge in [0.2, 0.25) is 5.91 Å². The van der Waals surface area contributed by atoms with Gasteiger partial charge >= 0.3 is 0 Å². The Balaban J connectivity index is 1.65. The van der Waals surface area contributed by atoms with Crippen LogP contribution < -0.4 is 14.8 Å². The van der Waals surface area contributed by atoms with Crippen LogP contribution >= 0.6 is 11.6 Å². The highest BCUT2D eigenvalue weighted by atomic mass is 35.5. The lowest BCUT2D eigenvalue weighted by Crippen LogP contribution is -2.35. The maximum absolute atomic E-state index is 13.5. The van der Waals surface area contributed by atoms with Crippen molar-refractivity contribution < 1.29 is 18.7 Å². The third-order valence-corrected chi connectivity index (χ3v) is 4.86. The fourth-order valence-corrected chi connectivity index (χ4v) is 3.44. The third kappa shape index (κ3) is 5.14. The average Bonchev–Trinajstić information content (AvgIpc) is 2.87. The molecule has 1 atom stereocenters. The van der Waals surface area contributed by atoms with Gasteiger partial charge in [0.1, 0.15) is 5.82 Å². The lowest BCUT2D eigenvalue weighted by atomic mass is 10.1. The number of fused-ring (bicyclic) bond motifs is 1. The third-order valence-electron chi connectivity index (χ3n) is 4.58. The Kier molecular flexibility index (Phi) is 6.75. The molecular formula is C21H24ClFN2O3. The number of benzene rings is 2. The van der Waals surface area contributed by atoms with Gasteiger partial charge in [0.15, 0.2) is 11.5 Å². The number of amides is 1. The molecule has 0 aromatic heterocycles. The largest absolute Gasteiger partial charge is 0.489 e. The number of carbonyl (C=O) groups is 1. The number of ether oxygens (including phenoxy) is 2. The summed E-state index contributed by atoms with van der Waals surface area (Å²) in [5.41, 5.74) is 1.56. The number of likely N-dealkylation sites (N-methyl/N-ethyl adjacent to an activating group) is 1. The van der Waals surface area contributed by atoms with Gasteiger partial charge in [0, 0.05) is 13.0 Å². The summed E-state index contributed by atoms with van der Waals surface area (Å²) in [6, 6.07) is 9.80. The summed E-state index contributed by atoms with van der Waals surface area (Å²) in [7, 11) is 3.79. The molecule has 1 heterocycles. The summed E-state index contributed by atoms with van der Waals surface area (Å²) in [6.07, 6.45) is 0.951. The van der Waals surface area contributed by atoms with Crippen LogP contribution in [0.15, 0.2) is 36.4 Å². The molecule has 0 bridgehead atoms. The van der Waals surface area contributed by atoms with Gasteiger partial charge in [-0.05, 0) is 49.5 Å². The molecule has 0 spiro atoms. The molecule has 7 heteroatoms. The number of carbonyl (C=O) groups excluding carboxylic acids is 1. The van der Waals surface area contributed by atoms with E-state index < -0.39 is 0 Å². The summed E-state index contributed by atoms with van der Waals surface area (Å²) in [6.45, 7) is 1.48. The molecule has 0 radical (unpaired) electrons. The van der Waals surface area contributed by atoms with Crippen molar-refractivity contribution in [2.24, 2.45) is 0 Å². The highest BCUT2D eigenvalue weighted by molar-refractivity contribution is 6.32. The van der Waals surface area contributed by atoms with Gasteiger partial charge < -0.3 is 19.7 Å². The van der Waals surface area contributed by atoms with Gasteiger partial charge in [0.05, 0.1) is 30.7 Å². The van der Waals surface area contributed by atoms with Crippen LogP contribution in [-0.4, -0.2) is 44.7 Å². The van der Waals surface area contributed by atoms with Crippen molar-refractivity contribution in [3.8, 4) is 11.5 Å². The van der Waals surface area contributed by atoms with Crippen molar-refractivity contribution in [1.29, 1.82) is 0 Å². The normalized spacial score (nSPS) is 14.5. The zero-order chi connectivity index (χ0) is 20.1. The van der Waals surface area contributed by atoms with E-state index in [0.29, 0.717) is 36.3 Å².